The Balaban J connectivity index is 1.43. The summed E-state index contributed by atoms with van der Waals surface area (Å²) < 4.78 is 15.8. The summed E-state index contributed by atoms with van der Waals surface area (Å²) in [6.45, 7) is 0. The predicted molar refractivity (Wildman–Crippen MR) is 89.9 cm³/mol. The molecule has 2 heterocycles. The Kier molecular flexibility index (Phi) is 3.30. The zero-order valence-electron chi connectivity index (χ0n) is 13.7. The van der Waals surface area contributed by atoms with Crippen molar-refractivity contribution in [1.29, 1.82) is 0 Å². The van der Waals surface area contributed by atoms with Crippen LogP contribution >= 0.6 is 0 Å². The number of aromatic nitrogens is 2. The summed E-state index contributed by atoms with van der Waals surface area (Å²) in [4.78, 5) is 4.24. The number of hydrogen-bond donors (Lipinski definition) is 1. The number of hydrogen-bond acceptors (Lipinski definition) is 2. The van der Waals surface area contributed by atoms with Crippen molar-refractivity contribution in [2.75, 3.05) is 0 Å². The van der Waals surface area contributed by atoms with E-state index in [-0.39, 0.29) is 18.0 Å². The first-order valence-electron chi connectivity index (χ1n) is 9.20. The first-order valence-corrected chi connectivity index (χ1v) is 9.20. The lowest BCUT2D eigenvalue weighted by atomic mass is 9.62. The topological polar surface area (TPSA) is 38.1 Å². The summed E-state index contributed by atoms with van der Waals surface area (Å²) in [5.41, 5.74) is 3.01. The van der Waals surface area contributed by atoms with Gasteiger partial charge in [-0.05, 0) is 61.1 Å². The van der Waals surface area contributed by atoms with E-state index in [9.17, 15) is 9.50 Å². The third-order valence-corrected chi connectivity index (χ3v) is 6.71. The second-order valence-corrected chi connectivity index (χ2v) is 7.92. The molecule has 3 fully saturated rings. The van der Waals surface area contributed by atoms with Crippen molar-refractivity contribution in [3.63, 3.8) is 0 Å². The molecule has 3 unspecified atom stereocenters. The van der Waals surface area contributed by atoms with E-state index in [0.717, 1.165) is 22.7 Å². The lowest BCUT2D eigenvalue weighted by Crippen LogP contribution is -2.39. The van der Waals surface area contributed by atoms with Crippen molar-refractivity contribution in [3.8, 4) is 11.3 Å². The highest BCUT2D eigenvalue weighted by molar-refractivity contribution is 5.69. The van der Waals surface area contributed by atoms with Crippen molar-refractivity contribution >= 4 is 0 Å². The van der Waals surface area contributed by atoms with Crippen LogP contribution in [0.5, 0.6) is 0 Å². The molecule has 2 bridgehead atoms. The molecule has 126 valence electrons. The Bertz CT molecular complexity index is 763. The van der Waals surface area contributed by atoms with Gasteiger partial charge in [-0.3, -0.25) is 0 Å². The van der Waals surface area contributed by atoms with Crippen LogP contribution in [-0.4, -0.2) is 20.8 Å². The average molecular weight is 326 g/mol. The molecule has 0 radical (unpaired) electrons. The first kappa shape index (κ1) is 14.6. The van der Waals surface area contributed by atoms with Crippen molar-refractivity contribution in [2.24, 2.45) is 17.8 Å². The van der Waals surface area contributed by atoms with Gasteiger partial charge in [0.2, 0.25) is 0 Å². The van der Waals surface area contributed by atoms with Gasteiger partial charge in [0.1, 0.15) is 5.82 Å². The average Bonchev–Trinajstić information content (AvgIpc) is 3.19. The van der Waals surface area contributed by atoms with Crippen LogP contribution in [0.1, 0.15) is 50.1 Å². The van der Waals surface area contributed by atoms with Crippen LogP contribution in [0.15, 0.2) is 30.7 Å². The highest BCUT2D eigenvalue weighted by Crippen LogP contribution is 2.49. The lowest BCUT2D eigenvalue weighted by molar-refractivity contribution is -0.0116. The largest absolute Gasteiger partial charge is 0.393 e. The number of fused-ring (bicyclic) bond motifs is 6. The number of aliphatic hydroxyl groups is 1. The van der Waals surface area contributed by atoms with Crippen LogP contribution in [0.25, 0.3) is 11.3 Å². The zero-order valence-corrected chi connectivity index (χ0v) is 13.7. The Morgan fingerprint density at radius 2 is 2.08 bits per heavy atom. The van der Waals surface area contributed by atoms with E-state index < -0.39 is 0 Å². The summed E-state index contributed by atoms with van der Waals surface area (Å²) in [6, 6.07) is 5.08. The summed E-state index contributed by atoms with van der Waals surface area (Å²) >= 11 is 0. The zero-order chi connectivity index (χ0) is 16.3. The molecule has 2 aromatic rings. The van der Waals surface area contributed by atoms with Crippen molar-refractivity contribution < 1.29 is 9.50 Å². The molecule has 1 aliphatic heterocycles. The second-order valence-electron chi connectivity index (χ2n) is 7.92. The summed E-state index contributed by atoms with van der Waals surface area (Å²) in [5.74, 6) is 1.74. The third-order valence-electron chi connectivity index (χ3n) is 6.71. The Morgan fingerprint density at radius 3 is 2.83 bits per heavy atom. The van der Waals surface area contributed by atoms with Gasteiger partial charge in [-0.15, -0.1) is 0 Å². The fourth-order valence-corrected chi connectivity index (χ4v) is 5.50. The first-order chi connectivity index (χ1) is 11.7. The van der Waals surface area contributed by atoms with Crippen LogP contribution in [-0.2, 0) is 0 Å². The highest BCUT2D eigenvalue weighted by atomic mass is 19.1. The van der Waals surface area contributed by atoms with Gasteiger partial charge in [0.15, 0.2) is 0 Å². The molecule has 0 spiro atoms. The maximum Gasteiger partial charge on any atom is 0.123 e. The molecule has 1 aromatic carbocycles. The molecule has 3 atom stereocenters. The summed E-state index contributed by atoms with van der Waals surface area (Å²) in [6.07, 6.45) is 10.5. The molecule has 6 rings (SSSR count). The van der Waals surface area contributed by atoms with Gasteiger partial charge in [-0.2, -0.15) is 0 Å². The predicted octanol–water partition coefficient (Wildman–Crippen LogP) is 4.17. The van der Waals surface area contributed by atoms with Gasteiger partial charge < -0.3 is 9.67 Å². The highest BCUT2D eigenvalue weighted by Gasteiger charge is 2.41. The molecule has 3 aliphatic carbocycles. The molecule has 24 heavy (non-hydrogen) atoms. The molecule has 3 saturated carbocycles. The van der Waals surface area contributed by atoms with Crippen LogP contribution < -0.4 is 0 Å². The number of imidazole rings is 1. The Hall–Kier alpha value is -1.68. The fraction of sp³-hybridized carbons (Fsp3) is 0.550. The fourth-order valence-electron chi connectivity index (χ4n) is 5.50. The molecule has 1 aromatic heterocycles. The molecule has 4 heteroatoms. The van der Waals surface area contributed by atoms with E-state index in [1.54, 1.807) is 12.3 Å². The maximum absolute atomic E-state index is 13.7. The molecule has 0 saturated heterocycles. The van der Waals surface area contributed by atoms with Crippen molar-refractivity contribution in [1.82, 2.24) is 9.55 Å². The molecular formula is C20H23FN2O. The van der Waals surface area contributed by atoms with Crippen LogP contribution in [0, 0.1) is 23.6 Å². The van der Waals surface area contributed by atoms with Gasteiger partial charge in [0, 0.05) is 5.56 Å². The second kappa shape index (κ2) is 5.41. The van der Waals surface area contributed by atoms with E-state index in [1.807, 2.05) is 12.4 Å². The van der Waals surface area contributed by atoms with Gasteiger partial charge in [-0.1, -0.05) is 18.9 Å². The maximum atomic E-state index is 13.7. The van der Waals surface area contributed by atoms with Gasteiger partial charge >= 0.3 is 0 Å². The number of rotatable bonds is 3. The van der Waals surface area contributed by atoms with E-state index in [1.165, 1.54) is 38.2 Å². The quantitative estimate of drug-likeness (QED) is 0.919. The molecular weight excluding hydrogens is 303 g/mol. The lowest BCUT2D eigenvalue weighted by Gasteiger charge is -2.44. The van der Waals surface area contributed by atoms with Gasteiger partial charge in [0.25, 0.3) is 0 Å². The molecule has 1 N–H and O–H groups in total. The Morgan fingerprint density at radius 1 is 1.25 bits per heavy atom. The van der Waals surface area contributed by atoms with Gasteiger partial charge in [0.05, 0.1) is 30.4 Å². The van der Waals surface area contributed by atoms with Crippen LogP contribution in [0.2, 0.25) is 0 Å². The van der Waals surface area contributed by atoms with E-state index >= 15 is 0 Å². The van der Waals surface area contributed by atoms with Crippen molar-refractivity contribution in [3.05, 3.63) is 42.1 Å². The number of halogens is 1. The third kappa shape index (κ3) is 2.16. The minimum absolute atomic E-state index is 0.0774. The molecule has 3 nitrogen and oxygen atoms in total. The minimum atomic E-state index is -0.283. The van der Waals surface area contributed by atoms with E-state index in [4.69, 9.17) is 0 Å². The summed E-state index contributed by atoms with van der Waals surface area (Å²) in [5, 5.41) is 11.0. The van der Waals surface area contributed by atoms with Crippen LogP contribution in [0.4, 0.5) is 4.39 Å². The number of nitrogens with zero attached hydrogens (tertiary/aromatic N) is 2. The number of aliphatic hydroxyl groups excluding tert-OH is 1. The number of benzene rings is 1. The van der Waals surface area contributed by atoms with E-state index in [2.05, 4.69) is 9.55 Å². The monoisotopic (exact) mass is 326 g/mol. The molecule has 4 aliphatic rings. The van der Waals surface area contributed by atoms with Gasteiger partial charge in [-0.25, -0.2) is 9.37 Å². The summed E-state index contributed by atoms with van der Waals surface area (Å²) in [7, 11) is 0. The normalized spacial score (nSPS) is 31.8. The standard InChI is InChI=1S/C20H23FN2O/c21-14-5-6-15-17(8-14)19-10-22-11-23(19)18(15)9-20(24)16-7-12-1-3-13(16)4-2-12/h5-6,8,10-13,16,18,20,24H,1-4,7,9H2. The Labute approximate surface area is 141 Å². The SMILES string of the molecule is OC(CC1c2ccc(F)cc2-c2cncn21)C1CC2CCC1CC2. The smallest absolute Gasteiger partial charge is 0.123 e. The minimum Gasteiger partial charge on any atom is -0.393 e. The van der Waals surface area contributed by atoms with Crippen LogP contribution in [0.3, 0.4) is 0 Å². The van der Waals surface area contributed by atoms with E-state index in [0.29, 0.717) is 18.3 Å². The van der Waals surface area contributed by atoms with Crippen molar-refractivity contribution in [2.45, 2.75) is 50.7 Å². The molecule has 0 amide bonds.